The number of aliphatic carboxylic acids is 1. The number of carbonyl (C=O) groups is 2. The van der Waals surface area contributed by atoms with Gasteiger partial charge >= 0.3 is 5.97 Å². The van der Waals surface area contributed by atoms with Crippen LogP contribution in [0.15, 0.2) is 12.2 Å². The van der Waals surface area contributed by atoms with Crippen LogP contribution in [0.2, 0.25) is 0 Å². The molecule has 2 N–H and O–H groups in total. The number of nitrogens with zero attached hydrogens (tertiary/aromatic N) is 1. The summed E-state index contributed by atoms with van der Waals surface area (Å²) < 4.78 is 0. The van der Waals surface area contributed by atoms with Crippen molar-refractivity contribution in [3.8, 4) is 0 Å². The molecule has 4 atom stereocenters. The van der Waals surface area contributed by atoms with Gasteiger partial charge in [-0.1, -0.05) is 12.2 Å². The quantitative estimate of drug-likeness (QED) is 0.744. The second-order valence-electron chi connectivity index (χ2n) is 6.55. The zero-order valence-electron chi connectivity index (χ0n) is 11.6. The average molecular weight is 279 g/mol. The predicted octanol–water partition coefficient (Wildman–Crippen LogP) is 0.739. The molecule has 3 aliphatic rings. The van der Waals surface area contributed by atoms with Crippen LogP contribution >= 0.6 is 0 Å². The zero-order valence-corrected chi connectivity index (χ0v) is 11.6. The lowest BCUT2D eigenvalue weighted by Gasteiger charge is -2.36. The Morgan fingerprint density at radius 1 is 1.15 bits per heavy atom. The van der Waals surface area contributed by atoms with Gasteiger partial charge in [-0.15, -0.1) is 0 Å². The van der Waals surface area contributed by atoms with E-state index in [2.05, 4.69) is 0 Å². The van der Waals surface area contributed by atoms with Crippen molar-refractivity contribution >= 4 is 11.9 Å². The molecule has 0 saturated heterocycles. The van der Waals surface area contributed by atoms with Gasteiger partial charge in [0.15, 0.2) is 0 Å². The molecule has 0 aromatic rings. The molecule has 0 heterocycles. The SMILES string of the molecule is CN(CC1CC(O)C1)C(=O)[C@H]1C2C=CC(C2)[C@H]1C(=O)O. The first-order valence-electron chi connectivity index (χ1n) is 7.31. The largest absolute Gasteiger partial charge is 0.481 e. The Balaban J connectivity index is 1.66. The maximum Gasteiger partial charge on any atom is 0.307 e. The summed E-state index contributed by atoms with van der Waals surface area (Å²) in [7, 11) is 1.75. The van der Waals surface area contributed by atoms with Crippen molar-refractivity contribution in [1.29, 1.82) is 0 Å². The Kier molecular flexibility index (Phi) is 3.32. The molecule has 20 heavy (non-hydrogen) atoms. The molecule has 3 aliphatic carbocycles. The van der Waals surface area contributed by atoms with E-state index in [4.69, 9.17) is 0 Å². The second kappa shape index (κ2) is 4.88. The highest BCUT2D eigenvalue weighted by molar-refractivity contribution is 5.86. The standard InChI is InChI=1S/C15H21NO4/c1-16(7-8-4-11(17)5-8)14(18)12-9-2-3-10(6-9)13(12)15(19)20/h2-3,8-13,17H,4-7H2,1H3,(H,19,20)/t8?,9?,10?,11?,12-,13+/m0/s1. The molecule has 2 saturated carbocycles. The van der Waals surface area contributed by atoms with Gasteiger partial charge in [-0.2, -0.15) is 0 Å². The minimum Gasteiger partial charge on any atom is -0.481 e. The number of amides is 1. The van der Waals surface area contributed by atoms with E-state index < -0.39 is 17.8 Å². The van der Waals surface area contributed by atoms with Crippen LogP contribution in [-0.2, 0) is 9.59 Å². The van der Waals surface area contributed by atoms with E-state index in [0.29, 0.717) is 12.5 Å². The number of aliphatic hydroxyl groups excluding tert-OH is 1. The summed E-state index contributed by atoms with van der Waals surface area (Å²) in [5, 5.41) is 18.7. The first kappa shape index (κ1) is 13.6. The van der Waals surface area contributed by atoms with E-state index in [0.717, 1.165) is 19.3 Å². The highest BCUT2D eigenvalue weighted by Crippen LogP contribution is 2.48. The van der Waals surface area contributed by atoms with Gasteiger partial charge < -0.3 is 15.1 Å². The maximum atomic E-state index is 12.6. The zero-order chi connectivity index (χ0) is 14.4. The Labute approximate surface area is 118 Å². The number of fused-ring (bicyclic) bond motifs is 2. The topological polar surface area (TPSA) is 77.8 Å². The van der Waals surface area contributed by atoms with E-state index in [1.165, 1.54) is 0 Å². The molecule has 2 unspecified atom stereocenters. The fourth-order valence-electron chi connectivity index (χ4n) is 4.08. The van der Waals surface area contributed by atoms with E-state index in [-0.39, 0.29) is 23.8 Å². The minimum atomic E-state index is -0.854. The van der Waals surface area contributed by atoms with Crippen LogP contribution in [-0.4, -0.2) is 46.7 Å². The third-order valence-electron chi connectivity index (χ3n) is 5.15. The highest BCUT2D eigenvalue weighted by atomic mass is 16.4. The highest BCUT2D eigenvalue weighted by Gasteiger charge is 2.52. The lowest BCUT2D eigenvalue weighted by atomic mass is 9.80. The summed E-state index contributed by atoms with van der Waals surface area (Å²) >= 11 is 0. The van der Waals surface area contributed by atoms with Gasteiger partial charge in [-0.3, -0.25) is 9.59 Å². The minimum absolute atomic E-state index is 0.0189. The number of hydrogen-bond acceptors (Lipinski definition) is 3. The van der Waals surface area contributed by atoms with Gasteiger partial charge in [-0.25, -0.2) is 0 Å². The molecule has 0 aromatic carbocycles. The molecular formula is C15H21NO4. The van der Waals surface area contributed by atoms with Gasteiger partial charge in [-0.05, 0) is 37.0 Å². The van der Waals surface area contributed by atoms with Crippen molar-refractivity contribution in [2.45, 2.75) is 25.4 Å². The van der Waals surface area contributed by atoms with Crippen molar-refractivity contribution in [2.24, 2.45) is 29.6 Å². The van der Waals surface area contributed by atoms with Crippen LogP contribution in [0.1, 0.15) is 19.3 Å². The average Bonchev–Trinajstić information content (AvgIpc) is 2.95. The van der Waals surface area contributed by atoms with Crippen molar-refractivity contribution < 1.29 is 19.8 Å². The number of carboxylic acids is 1. The fourth-order valence-corrected chi connectivity index (χ4v) is 4.08. The number of carbonyl (C=O) groups excluding carboxylic acids is 1. The van der Waals surface area contributed by atoms with Crippen LogP contribution in [0.25, 0.3) is 0 Å². The molecule has 0 aliphatic heterocycles. The molecule has 5 heteroatoms. The van der Waals surface area contributed by atoms with E-state index in [1.807, 2.05) is 12.2 Å². The Morgan fingerprint density at radius 3 is 2.30 bits per heavy atom. The number of rotatable bonds is 4. The van der Waals surface area contributed by atoms with Crippen molar-refractivity contribution in [1.82, 2.24) is 4.90 Å². The lowest BCUT2D eigenvalue weighted by molar-refractivity contribution is -0.151. The van der Waals surface area contributed by atoms with Gasteiger partial charge in [0.1, 0.15) is 0 Å². The van der Waals surface area contributed by atoms with Crippen molar-refractivity contribution in [3.05, 3.63) is 12.2 Å². The molecule has 2 fully saturated rings. The molecule has 5 nitrogen and oxygen atoms in total. The maximum absolute atomic E-state index is 12.6. The van der Waals surface area contributed by atoms with Crippen LogP contribution in [0.5, 0.6) is 0 Å². The smallest absolute Gasteiger partial charge is 0.307 e. The second-order valence-corrected chi connectivity index (χ2v) is 6.55. The van der Waals surface area contributed by atoms with Gasteiger partial charge in [0.2, 0.25) is 5.91 Å². The number of allylic oxidation sites excluding steroid dienone is 2. The van der Waals surface area contributed by atoms with Crippen LogP contribution in [0.4, 0.5) is 0 Å². The first-order valence-corrected chi connectivity index (χ1v) is 7.31. The third-order valence-corrected chi connectivity index (χ3v) is 5.15. The van der Waals surface area contributed by atoms with Crippen LogP contribution in [0.3, 0.4) is 0 Å². The summed E-state index contributed by atoms with van der Waals surface area (Å²) in [5.41, 5.74) is 0. The molecular weight excluding hydrogens is 258 g/mol. The Bertz CT molecular complexity index is 455. The summed E-state index contributed by atoms with van der Waals surface area (Å²) in [5.74, 6) is -1.41. The summed E-state index contributed by atoms with van der Waals surface area (Å²) in [6, 6.07) is 0. The summed E-state index contributed by atoms with van der Waals surface area (Å²) in [6.45, 7) is 0.625. The third kappa shape index (κ3) is 2.14. The molecule has 3 rings (SSSR count). The summed E-state index contributed by atoms with van der Waals surface area (Å²) in [6.07, 6.45) is 6.03. The van der Waals surface area contributed by atoms with Gasteiger partial charge in [0.05, 0.1) is 17.9 Å². The van der Waals surface area contributed by atoms with Crippen LogP contribution < -0.4 is 0 Å². The van der Waals surface area contributed by atoms with Crippen molar-refractivity contribution in [3.63, 3.8) is 0 Å². The van der Waals surface area contributed by atoms with E-state index >= 15 is 0 Å². The molecule has 0 aromatic heterocycles. The first-order chi connectivity index (χ1) is 9.47. The number of carboxylic acid groups (broad SMARTS) is 1. The Morgan fingerprint density at radius 2 is 1.75 bits per heavy atom. The van der Waals surface area contributed by atoms with E-state index in [9.17, 15) is 19.8 Å². The number of aliphatic hydroxyl groups is 1. The van der Waals surface area contributed by atoms with Crippen LogP contribution in [0, 0.1) is 29.6 Å². The molecule has 0 radical (unpaired) electrons. The molecule has 110 valence electrons. The summed E-state index contributed by atoms with van der Waals surface area (Å²) in [4.78, 5) is 25.7. The van der Waals surface area contributed by atoms with E-state index in [1.54, 1.807) is 11.9 Å². The van der Waals surface area contributed by atoms with Crippen molar-refractivity contribution in [2.75, 3.05) is 13.6 Å². The Hall–Kier alpha value is -1.36. The number of hydrogen-bond donors (Lipinski definition) is 2. The normalized spacial score (nSPS) is 41.5. The molecule has 0 spiro atoms. The molecule has 1 amide bonds. The monoisotopic (exact) mass is 279 g/mol. The van der Waals surface area contributed by atoms with Gasteiger partial charge in [0.25, 0.3) is 0 Å². The fraction of sp³-hybridized carbons (Fsp3) is 0.733. The lowest BCUT2D eigenvalue weighted by Crippen LogP contribution is -2.45. The predicted molar refractivity (Wildman–Crippen MR) is 71.7 cm³/mol. The van der Waals surface area contributed by atoms with Gasteiger partial charge in [0, 0.05) is 13.6 Å². The molecule has 2 bridgehead atoms.